The van der Waals surface area contributed by atoms with Crippen LogP contribution in [0.25, 0.3) is 38.8 Å². The summed E-state index contributed by atoms with van der Waals surface area (Å²) in [5.74, 6) is -0.840. The maximum absolute atomic E-state index is 12.9. The average molecular weight is 478 g/mol. The van der Waals surface area contributed by atoms with Gasteiger partial charge in [-0.25, -0.2) is 9.50 Å². The number of carbonyl (C=O) groups excluding carboxylic acids is 1. The third-order valence-corrected chi connectivity index (χ3v) is 6.08. The molecule has 7 nitrogen and oxygen atoms in total. The topological polar surface area (TPSA) is 88.0 Å². The maximum atomic E-state index is 12.9. The first-order chi connectivity index (χ1) is 16.6. The van der Waals surface area contributed by atoms with E-state index >= 15 is 0 Å². The molecule has 5 heterocycles. The molecule has 0 bridgehead atoms. The van der Waals surface area contributed by atoms with Crippen molar-refractivity contribution in [3.63, 3.8) is 0 Å². The standard InChI is InChI=1S/C25H21F3N6O/c1-13-4-6-29-14(2)22(13)17-8-18-19(11-31-23(18)30-10-17)16-5-7-34-21(9-16)20(12-32-34)24(35)33-15(3)25(26,27)28/h4-12,15H,1-3H3,(H,30,31)(H,33,35)/t15-/m1/s1. The molecule has 35 heavy (non-hydrogen) atoms. The third-order valence-electron chi connectivity index (χ3n) is 6.08. The number of H-pyrrole nitrogens is 1. The monoisotopic (exact) mass is 478 g/mol. The van der Waals surface area contributed by atoms with Crippen molar-refractivity contribution in [1.82, 2.24) is 29.9 Å². The van der Waals surface area contributed by atoms with Crippen molar-refractivity contribution in [3.05, 3.63) is 72.1 Å². The van der Waals surface area contributed by atoms with Crippen LogP contribution in [0, 0.1) is 13.8 Å². The summed E-state index contributed by atoms with van der Waals surface area (Å²) in [7, 11) is 0. The van der Waals surface area contributed by atoms with Gasteiger partial charge in [-0.3, -0.25) is 9.78 Å². The van der Waals surface area contributed by atoms with Gasteiger partial charge in [0, 0.05) is 52.6 Å². The molecule has 1 amide bonds. The van der Waals surface area contributed by atoms with Gasteiger partial charge in [0.15, 0.2) is 0 Å². The first-order valence-electron chi connectivity index (χ1n) is 10.9. The van der Waals surface area contributed by atoms with Gasteiger partial charge in [0.1, 0.15) is 11.7 Å². The van der Waals surface area contributed by atoms with Gasteiger partial charge in [-0.05, 0) is 56.2 Å². The van der Waals surface area contributed by atoms with Gasteiger partial charge in [-0.1, -0.05) is 0 Å². The number of fused-ring (bicyclic) bond motifs is 2. The molecule has 0 radical (unpaired) electrons. The predicted molar refractivity (Wildman–Crippen MR) is 126 cm³/mol. The number of aryl methyl sites for hydroxylation is 2. The summed E-state index contributed by atoms with van der Waals surface area (Å²) in [6.45, 7) is 4.87. The minimum Gasteiger partial charge on any atom is -0.346 e. The number of pyridine rings is 3. The molecule has 0 aliphatic heterocycles. The normalized spacial score (nSPS) is 12.9. The maximum Gasteiger partial charge on any atom is 0.408 e. The van der Waals surface area contributed by atoms with Crippen LogP contribution in [-0.2, 0) is 0 Å². The van der Waals surface area contributed by atoms with Crippen molar-refractivity contribution in [2.75, 3.05) is 0 Å². The molecule has 5 aromatic heterocycles. The number of aromatic nitrogens is 5. The van der Waals surface area contributed by atoms with Crippen molar-refractivity contribution in [3.8, 4) is 22.3 Å². The summed E-state index contributed by atoms with van der Waals surface area (Å²) < 4.78 is 40.2. The number of hydrogen-bond donors (Lipinski definition) is 2. The van der Waals surface area contributed by atoms with Gasteiger partial charge in [0.25, 0.3) is 5.91 Å². The van der Waals surface area contributed by atoms with Crippen LogP contribution in [0.5, 0.6) is 0 Å². The molecule has 0 saturated heterocycles. The summed E-state index contributed by atoms with van der Waals surface area (Å²) in [5.41, 5.74) is 6.66. The Kier molecular flexibility index (Phi) is 5.31. The van der Waals surface area contributed by atoms with Crippen LogP contribution in [-0.4, -0.2) is 42.7 Å². The molecule has 1 atom stereocenters. The second-order valence-electron chi connectivity index (χ2n) is 8.45. The number of nitrogens with one attached hydrogen (secondary N) is 2. The molecule has 178 valence electrons. The van der Waals surface area contributed by atoms with Crippen LogP contribution in [0.2, 0.25) is 0 Å². The minimum absolute atomic E-state index is 0.0585. The zero-order valence-corrected chi connectivity index (χ0v) is 19.1. The van der Waals surface area contributed by atoms with Crippen molar-refractivity contribution >= 4 is 22.5 Å². The number of hydrogen-bond acceptors (Lipinski definition) is 4. The quantitative estimate of drug-likeness (QED) is 0.370. The fourth-order valence-electron chi connectivity index (χ4n) is 4.19. The van der Waals surface area contributed by atoms with Crippen molar-refractivity contribution in [2.24, 2.45) is 0 Å². The van der Waals surface area contributed by atoms with E-state index in [1.165, 1.54) is 10.7 Å². The second-order valence-corrected chi connectivity index (χ2v) is 8.45. The van der Waals surface area contributed by atoms with Crippen molar-refractivity contribution in [1.29, 1.82) is 0 Å². The summed E-state index contributed by atoms with van der Waals surface area (Å²) in [4.78, 5) is 24.7. The lowest BCUT2D eigenvalue weighted by molar-refractivity contribution is -0.149. The van der Waals surface area contributed by atoms with E-state index in [0.29, 0.717) is 11.2 Å². The first kappa shape index (κ1) is 22.6. The zero-order valence-electron chi connectivity index (χ0n) is 19.1. The molecular weight excluding hydrogens is 457 g/mol. The Morgan fingerprint density at radius 2 is 1.91 bits per heavy atom. The van der Waals surface area contributed by atoms with Crippen LogP contribution in [0.15, 0.2) is 55.2 Å². The Labute approximate surface area is 198 Å². The van der Waals surface area contributed by atoms with E-state index in [2.05, 4.69) is 20.1 Å². The molecule has 10 heteroatoms. The van der Waals surface area contributed by atoms with Crippen LogP contribution in [0.1, 0.15) is 28.5 Å². The SMILES string of the molecule is Cc1ccnc(C)c1-c1cnc2[nH]cc(-c3ccn4ncc(C(=O)N[C@H](C)C(F)(F)F)c4c3)c2c1. The lowest BCUT2D eigenvalue weighted by Gasteiger charge is -2.16. The molecule has 0 aliphatic rings. The van der Waals surface area contributed by atoms with E-state index in [0.717, 1.165) is 45.8 Å². The summed E-state index contributed by atoms with van der Waals surface area (Å²) in [6, 6.07) is 5.56. The van der Waals surface area contributed by atoms with Gasteiger partial charge in [-0.2, -0.15) is 18.3 Å². The van der Waals surface area contributed by atoms with Crippen LogP contribution in [0.3, 0.4) is 0 Å². The van der Waals surface area contributed by atoms with Crippen LogP contribution >= 0.6 is 0 Å². The number of carbonyl (C=O) groups is 1. The molecular formula is C25H21F3N6O. The third kappa shape index (κ3) is 4.01. The highest BCUT2D eigenvalue weighted by atomic mass is 19.4. The van der Waals surface area contributed by atoms with E-state index in [1.807, 2.05) is 43.6 Å². The summed E-state index contributed by atoms with van der Waals surface area (Å²) in [5, 5.41) is 6.98. The molecule has 0 aromatic carbocycles. The highest BCUT2D eigenvalue weighted by Crippen LogP contribution is 2.33. The van der Waals surface area contributed by atoms with Gasteiger partial charge in [-0.15, -0.1) is 0 Å². The Bertz CT molecular complexity index is 1560. The molecule has 2 N–H and O–H groups in total. The molecule has 0 fully saturated rings. The largest absolute Gasteiger partial charge is 0.408 e. The van der Waals surface area contributed by atoms with E-state index < -0.39 is 18.1 Å². The molecule has 0 aliphatic carbocycles. The zero-order chi connectivity index (χ0) is 24.9. The number of amides is 1. The Morgan fingerprint density at radius 1 is 1.11 bits per heavy atom. The van der Waals surface area contributed by atoms with Crippen molar-refractivity contribution < 1.29 is 18.0 Å². The lowest BCUT2D eigenvalue weighted by atomic mass is 9.98. The number of aromatic amines is 1. The minimum atomic E-state index is -4.54. The van der Waals surface area contributed by atoms with E-state index in [1.54, 1.807) is 24.7 Å². The average Bonchev–Trinajstić information content (AvgIpc) is 3.41. The van der Waals surface area contributed by atoms with Gasteiger partial charge in [0.05, 0.1) is 17.3 Å². The predicted octanol–water partition coefficient (Wildman–Crippen LogP) is 5.24. The molecule has 5 rings (SSSR count). The highest BCUT2D eigenvalue weighted by molar-refractivity contribution is 6.02. The number of nitrogens with zero attached hydrogens (tertiary/aromatic N) is 4. The van der Waals surface area contributed by atoms with Crippen molar-refractivity contribution in [2.45, 2.75) is 33.0 Å². The van der Waals surface area contributed by atoms with E-state index in [-0.39, 0.29) is 5.56 Å². The Hall–Kier alpha value is -4.21. The van der Waals surface area contributed by atoms with Crippen LogP contribution < -0.4 is 5.32 Å². The summed E-state index contributed by atoms with van der Waals surface area (Å²) in [6.07, 6.45) is 3.78. The number of rotatable bonds is 4. The fourth-order valence-corrected chi connectivity index (χ4v) is 4.19. The molecule has 0 spiro atoms. The van der Waals surface area contributed by atoms with E-state index in [4.69, 9.17) is 0 Å². The smallest absolute Gasteiger partial charge is 0.346 e. The molecule has 0 saturated carbocycles. The highest BCUT2D eigenvalue weighted by Gasteiger charge is 2.37. The van der Waals surface area contributed by atoms with Crippen LogP contribution in [0.4, 0.5) is 13.2 Å². The van der Waals surface area contributed by atoms with Gasteiger partial charge < -0.3 is 10.3 Å². The lowest BCUT2D eigenvalue weighted by Crippen LogP contribution is -2.43. The van der Waals surface area contributed by atoms with E-state index in [9.17, 15) is 18.0 Å². The fraction of sp³-hybridized carbons (Fsp3) is 0.200. The summed E-state index contributed by atoms with van der Waals surface area (Å²) >= 11 is 0. The van der Waals surface area contributed by atoms with Gasteiger partial charge >= 0.3 is 6.18 Å². The Morgan fingerprint density at radius 3 is 2.66 bits per heavy atom. The molecule has 0 unspecified atom stereocenters. The Balaban J connectivity index is 1.58. The second kappa shape index (κ2) is 8.23. The van der Waals surface area contributed by atoms with Gasteiger partial charge in [0.2, 0.25) is 0 Å². The first-order valence-corrected chi connectivity index (χ1v) is 10.9. The number of halogens is 3. The number of alkyl halides is 3. The molecule has 5 aromatic rings.